The molecule has 3 N–H and O–H groups in total. The van der Waals surface area contributed by atoms with Crippen LogP contribution in [-0.4, -0.2) is 23.9 Å². The van der Waals surface area contributed by atoms with E-state index in [1.54, 1.807) is 6.20 Å². The van der Waals surface area contributed by atoms with Crippen molar-refractivity contribution in [3.8, 4) is 0 Å². The van der Waals surface area contributed by atoms with Crippen molar-refractivity contribution in [3.63, 3.8) is 0 Å². The summed E-state index contributed by atoms with van der Waals surface area (Å²) in [6.07, 6.45) is 5.86. The van der Waals surface area contributed by atoms with Gasteiger partial charge in [-0.1, -0.05) is 6.92 Å². The van der Waals surface area contributed by atoms with Gasteiger partial charge in [0.2, 0.25) is 0 Å². The number of sulfonamides is 1. The molecule has 0 unspecified atom stereocenters. The van der Waals surface area contributed by atoms with Gasteiger partial charge in [-0.15, -0.1) is 0 Å². The van der Waals surface area contributed by atoms with E-state index in [1.165, 1.54) is 0 Å². The largest absolute Gasteiger partial charge is 0.511 e. The summed E-state index contributed by atoms with van der Waals surface area (Å²) >= 11 is 0. The molecule has 0 saturated carbocycles. The zero-order chi connectivity index (χ0) is 12.8. The topological polar surface area (TPSA) is 88.8 Å². The highest BCUT2D eigenvalue weighted by atomic mass is 32.2. The summed E-state index contributed by atoms with van der Waals surface area (Å²) < 4.78 is 51.2. The van der Waals surface area contributed by atoms with Gasteiger partial charge in [-0.2, -0.15) is 13.2 Å². The van der Waals surface area contributed by atoms with Crippen LogP contribution in [0.4, 0.5) is 13.2 Å². The summed E-state index contributed by atoms with van der Waals surface area (Å²) in [4.78, 5) is 7.08. The van der Waals surface area contributed by atoms with E-state index >= 15 is 0 Å². The molecule has 0 atom stereocenters. The number of hydrogen-bond acceptors (Lipinski definition) is 3. The van der Waals surface area contributed by atoms with Crippen molar-refractivity contribution in [1.82, 2.24) is 9.97 Å². The van der Waals surface area contributed by atoms with Crippen molar-refractivity contribution in [2.75, 3.05) is 0 Å². The third kappa shape index (κ3) is 5.71. The summed E-state index contributed by atoms with van der Waals surface area (Å²) in [5.74, 6) is 1.09. The quantitative estimate of drug-likeness (QED) is 0.835. The molecule has 0 aliphatic carbocycles. The number of aromatic nitrogens is 2. The van der Waals surface area contributed by atoms with Crippen molar-refractivity contribution in [2.24, 2.45) is 5.14 Å². The van der Waals surface area contributed by atoms with Crippen LogP contribution in [0.3, 0.4) is 0 Å². The van der Waals surface area contributed by atoms with E-state index in [-0.39, 0.29) is 0 Å². The number of aromatic amines is 1. The van der Waals surface area contributed by atoms with Crippen LogP contribution in [0.25, 0.3) is 0 Å². The molecule has 1 aromatic rings. The van der Waals surface area contributed by atoms with Crippen LogP contribution in [0.1, 0.15) is 19.2 Å². The fourth-order valence-corrected chi connectivity index (χ4v) is 0.671. The second kappa shape index (κ2) is 5.85. The zero-order valence-corrected chi connectivity index (χ0v) is 9.27. The van der Waals surface area contributed by atoms with Gasteiger partial charge in [0, 0.05) is 18.8 Å². The van der Waals surface area contributed by atoms with E-state index in [0.29, 0.717) is 0 Å². The summed E-state index contributed by atoms with van der Waals surface area (Å²) in [6, 6.07) is 0. The van der Waals surface area contributed by atoms with Crippen molar-refractivity contribution >= 4 is 10.0 Å². The minimum Gasteiger partial charge on any atom is -0.349 e. The van der Waals surface area contributed by atoms with Crippen molar-refractivity contribution in [2.45, 2.75) is 25.3 Å². The Morgan fingerprint density at radius 1 is 1.50 bits per heavy atom. The highest BCUT2D eigenvalue weighted by Crippen LogP contribution is 2.18. The molecule has 0 amide bonds. The molecule has 0 aromatic carbocycles. The third-order valence-electron chi connectivity index (χ3n) is 1.36. The molecule has 0 aliphatic rings. The lowest BCUT2D eigenvalue weighted by molar-refractivity contribution is -0.0436. The Morgan fingerprint density at radius 2 is 2.00 bits per heavy atom. The molecule has 1 rings (SSSR count). The molecule has 1 heterocycles. The van der Waals surface area contributed by atoms with Gasteiger partial charge in [0.05, 0.1) is 0 Å². The fourth-order valence-electron chi connectivity index (χ4n) is 0.671. The average Bonchev–Trinajstić information content (AvgIpc) is 2.54. The average molecular weight is 259 g/mol. The number of nitrogens with zero attached hydrogens (tertiary/aromatic N) is 1. The second-order valence-corrected chi connectivity index (χ2v) is 4.33. The maximum atomic E-state index is 10.8. The molecule has 0 fully saturated rings. The number of primary sulfonamides is 1. The third-order valence-corrected chi connectivity index (χ3v) is 2.01. The van der Waals surface area contributed by atoms with Crippen LogP contribution >= 0.6 is 0 Å². The van der Waals surface area contributed by atoms with Crippen molar-refractivity contribution < 1.29 is 21.6 Å². The van der Waals surface area contributed by atoms with E-state index < -0.39 is 15.5 Å². The van der Waals surface area contributed by atoms with Crippen LogP contribution in [0.5, 0.6) is 0 Å². The molecule has 0 bridgehead atoms. The maximum absolute atomic E-state index is 10.8. The smallest absolute Gasteiger partial charge is 0.349 e. The normalized spacial score (nSPS) is 11.8. The lowest BCUT2D eigenvalue weighted by atomic mass is 10.3. The van der Waals surface area contributed by atoms with Gasteiger partial charge in [-0.05, 0) is 6.42 Å². The molecular weight excluding hydrogens is 247 g/mol. The lowest BCUT2D eigenvalue weighted by Crippen LogP contribution is -2.30. The molecule has 9 heteroatoms. The first-order chi connectivity index (χ1) is 7.18. The van der Waals surface area contributed by atoms with Gasteiger partial charge in [0.1, 0.15) is 5.82 Å². The summed E-state index contributed by atoms with van der Waals surface area (Å²) in [5, 5.41) is 3.66. The van der Waals surface area contributed by atoms with Crippen LogP contribution in [0.15, 0.2) is 12.4 Å². The highest BCUT2D eigenvalue weighted by molar-refractivity contribution is 7.90. The van der Waals surface area contributed by atoms with Crippen LogP contribution < -0.4 is 5.14 Å². The van der Waals surface area contributed by atoms with Gasteiger partial charge < -0.3 is 4.98 Å². The van der Waals surface area contributed by atoms with E-state index in [1.807, 2.05) is 6.20 Å². The Hall–Kier alpha value is -1.09. The van der Waals surface area contributed by atoms with Crippen LogP contribution in [0, 0.1) is 0 Å². The molecule has 0 spiro atoms. The Labute approximate surface area is 90.9 Å². The van der Waals surface area contributed by atoms with Crippen molar-refractivity contribution in [3.05, 3.63) is 18.2 Å². The Balaban J connectivity index is 0.000000281. The molecule has 0 aliphatic heterocycles. The van der Waals surface area contributed by atoms with E-state index in [2.05, 4.69) is 22.0 Å². The van der Waals surface area contributed by atoms with Gasteiger partial charge >= 0.3 is 15.5 Å². The van der Waals surface area contributed by atoms with Crippen molar-refractivity contribution in [1.29, 1.82) is 0 Å². The van der Waals surface area contributed by atoms with Crippen LogP contribution in [0.2, 0.25) is 0 Å². The number of imidazole rings is 1. The number of rotatable bonds is 2. The number of alkyl halides is 3. The summed E-state index contributed by atoms with van der Waals surface area (Å²) in [6.45, 7) is 2.14. The number of halogens is 3. The minimum atomic E-state index is -5.34. The highest BCUT2D eigenvalue weighted by Gasteiger charge is 2.42. The van der Waals surface area contributed by atoms with Gasteiger partial charge in [0.15, 0.2) is 0 Å². The number of aryl methyl sites for hydroxylation is 1. The zero-order valence-electron chi connectivity index (χ0n) is 8.45. The standard InChI is InChI=1S/C6H10N2.CH2F3NO2S/c1-2-3-6-7-4-5-8-6;2-1(3,4)8(5,6)7/h4-5H,2-3H2,1H3,(H,7,8);(H2,5,6,7). The first-order valence-electron chi connectivity index (χ1n) is 4.25. The first kappa shape index (κ1) is 14.9. The van der Waals surface area contributed by atoms with E-state index in [0.717, 1.165) is 18.7 Å². The molecule has 16 heavy (non-hydrogen) atoms. The first-order valence-corrected chi connectivity index (χ1v) is 5.80. The second-order valence-electron chi connectivity index (χ2n) is 2.78. The number of nitrogens with one attached hydrogen (secondary N) is 1. The Morgan fingerprint density at radius 3 is 2.25 bits per heavy atom. The van der Waals surface area contributed by atoms with E-state index in [9.17, 15) is 21.6 Å². The summed E-state index contributed by atoms with van der Waals surface area (Å²) in [7, 11) is -5.34. The molecule has 0 radical (unpaired) electrons. The monoisotopic (exact) mass is 259 g/mol. The van der Waals surface area contributed by atoms with Gasteiger partial charge in [-0.3, -0.25) is 0 Å². The SMILES string of the molecule is CCCc1ncc[nH]1.NS(=O)(=O)C(F)(F)F. The minimum absolute atomic E-state index is 1.06. The molecule has 1 aromatic heterocycles. The summed E-state index contributed by atoms with van der Waals surface area (Å²) in [5.41, 5.74) is -5.31. The van der Waals surface area contributed by atoms with E-state index in [4.69, 9.17) is 0 Å². The Bertz CT molecular complexity index is 386. The predicted molar refractivity (Wildman–Crippen MR) is 51.7 cm³/mol. The maximum Gasteiger partial charge on any atom is 0.511 e. The lowest BCUT2D eigenvalue weighted by Gasteiger charge is -1.98. The fraction of sp³-hybridized carbons (Fsp3) is 0.571. The van der Waals surface area contributed by atoms with Gasteiger partial charge in [-0.25, -0.2) is 18.5 Å². The molecular formula is C7H12F3N3O2S. The Kier molecular flexibility index (Phi) is 5.45. The predicted octanol–water partition coefficient (Wildman–Crippen LogP) is 1.16. The van der Waals surface area contributed by atoms with Crippen LogP contribution in [-0.2, 0) is 16.4 Å². The molecule has 0 saturated heterocycles. The van der Waals surface area contributed by atoms with Gasteiger partial charge in [0.25, 0.3) is 0 Å². The molecule has 5 nitrogen and oxygen atoms in total. The number of nitrogens with two attached hydrogens (primary N) is 1. The number of H-pyrrole nitrogens is 1. The molecule has 94 valence electrons. The number of hydrogen-bond donors (Lipinski definition) is 2.